The first kappa shape index (κ1) is 20.4. The van der Waals surface area contributed by atoms with E-state index in [0.717, 1.165) is 43.9 Å². The normalized spacial score (nSPS) is 18.8. The van der Waals surface area contributed by atoms with E-state index in [0.29, 0.717) is 12.1 Å². The first-order chi connectivity index (χ1) is 14.4. The molecule has 0 aliphatic carbocycles. The number of fused-ring (bicyclic) bond motifs is 1. The molecule has 0 spiro atoms. The highest BCUT2D eigenvalue weighted by atomic mass is 16.5. The van der Waals surface area contributed by atoms with Crippen molar-refractivity contribution in [1.29, 1.82) is 0 Å². The number of carbonyl (C=O) groups excluding carboxylic acids is 2. The minimum atomic E-state index is -0.535. The molecule has 6 heteroatoms. The van der Waals surface area contributed by atoms with Crippen LogP contribution in [0.2, 0.25) is 0 Å². The number of piperidine rings is 1. The van der Waals surface area contributed by atoms with Gasteiger partial charge in [0.2, 0.25) is 0 Å². The summed E-state index contributed by atoms with van der Waals surface area (Å²) in [6, 6.07) is 11.8. The van der Waals surface area contributed by atoms with Crippen LogP contribution in [0.1, 0.15) is 42.6 Å². The smallest absolute Gasteiger partial charge is 0.311 e. The van der Waals surface area contributed by atoms with Crippen LogP contribution in [0.3, 0.4) is 0 Å². The van der Waals surface area contributed by atoms with Gasteiger partial charge in [0.1, 0.15) is 5.82 Å². The number of para-hydroxylation sites is 1. The van der Waals surface area contributed by atoms with E-state index < -0.39 is 5.41 Å². The number of esters is 1. The van der Waals surface area contributed by atoms with Gasteiger partial charge in [-0.2, -0.15) is 0 Å². The molecule has 2 aromatic rings. The van der Waals surface area contributed by atoms with Crippen LogP contribution in [-0.4, -0.2) is 43.6 Å². The Bertz CT molecular complexity index is 939. The maximum absolute atomic E-state index is 13.0. The highest BCUT2D eigenvalue weighted by Crippen LogP contribution is 2.36. The molecule has 1 saturated heterocycles. The van der Waals surface area contributed by atoms with E-state index in [1.807, 2.05) is 49.1 Å². The molecule has 1 aromatic carbocycles. The molecule has 1 unspecified atom stereocenters. The average molecular weight is 408 g/mol. The molecule has 30 heavy (non-hydrogen) atoms. The number of nitrogens with zero attached hydrogens (tertiary/aromatic N) is 3. The molecule has 1 atom stereocenters. The number of amides is 1. The number of benzene rings is 1. The average Bonchev–Trinajstić information content (AvgIpc) is 3.22. The Morgan fingerprint density at radius 3 is 2.67 bits per heavy atom. The van der Waals surface area contributed by atoms with Crippen molar-refractivity contribution < 1.29 is 14.3 Å². The lowest BCUT2D eigenvalue weighted by molar-refractivity contribution is -0.154. The molecule has 2 aliphatic heterocycles. The maximum Gasteiger partial charge on any atom is 0.311 e. The molecule has 4 rings (SSSR count). The number of ether oxygens (including phenoxy) is 1. The largest absolute Gasteiger partial charge is 0.469 e. The number of carbonyl (C=O) groups is 2. The highest BCUT2D eigenvalue weighted by Gasteiger charge is 2.40. The van der Waals surface area contributed by atoms with Gasteiger partial charge in [-0.3, -0.25) is 9.59 Å². The number of hydrogen-bond donors (Lipinski definition) is 0. The summed E-state index contributed by atoms with van der Waals surface area (Å²) >= 11 is 0. The fourth-order valence-electron chi connectivity index (χ4n) is 4.61. The van der Waals surface area contributed by atoms with Crippen LogP contribution in [0.4, 0.5) is 11.5 Å². The lowest BCUT2D eigenvalue weighted by Gasteiger charge is -2.40. The zero-order valence-corrected chi connectivity index (χ0v) is 17.9. The molecule has 0 N–H and O–H groups in total. The SMILES string of the molecule is COC(=O)C(C)(C)C1CCCN(c2ccc(C(=O)N3CCc4ccccc43)cn2)C1. The summed E-state index contributed by atoms with van der Waals surface area (Å²) < 4.78 is 5.01. The third-order valence-electron chi connectivity index (χ3n) is 6.60. The fourth-order valence-corrected chi connectivity index (χ4v) is 4.61. The molecule has 1 amide bonds. The van der Waals surface area contributed by atoms with Crippen LogP contribution in [-0.2, 0) is 16.0 Å². The second-order valence-corrected chi connectivity index (χ2v) is 8.74. The van der Waals surface area contributed by atoms with E-state index in [1.165, 1.54) is 12.7 Å². The molecular formula is C24H29N3O3. The summed E-state index contributed by atoms with van der Waals surface area (Å²) in [7, 11) is 1.45. The quantitative estimate of drug-likeness (QED) is 0.723. The van der Waals surface area contributed by atoms with E-state index in [4.69, 9.17) is 4.74 Å². The molecule has 1 aromatic heterocycles. The van der Waals surface area contributed by atoms with Gasteiger partial charge in [-0.1, -0.05) is 18.2 Å². The minimum absolute atomic E-state index is 0.0117. The number of rotatable bonds is 4. The lowest BCUT2D eigenvalue weighted by Crippen LogP contribution is -2.45. The third-order valence-corrected chi connectivity index (χ3v) is 6.60. The fraction of sp³-hybridized carbons (Fsp3) is 0.458. The van der Waals surface area contributed by atoms with Gasteiger partial charge in [0, 0.05) is 31.5 Å². The molecular weight excluding hydrogens is 378 g/mol. The lowest BCUT2D eigenvalue weighted by atomic mass is 9.74. The van der Waals surface area contributed by atoms with Gasteiger partial charge in [-0.25, -0.2) is 4.98 Å². The summed E-state index contributed by atoms with van der Waals surface area (Å²) in [5.41, 5.74) is 2.27. The molecule has 2 aliphatic rings. The van der Waals surface area contributed by atoms with Crippen LogP contribution in [0.15, 0.2) is 42.6 Å². The van der Waals surface area contributed by atoms with Gasteiger partial charge in [0.15, 0.2) is 0 Å². The van der Waals surface area contributed by atoms with Gasteiger partial charge in [-0.05, 0) is 62.8 Å². The summed E-state index contributed by atoms with van der Waals surface area (Å²) in [5.74, 6) is 0.859. The minimum Gasteiger partial charge on any atom is -0.469 e. The molecule has 158 valence electrons. The molecule has 0 radical (unpaired) electrons. The Kier molecular flexibility index (Phi) is 5.50. The number of hydrogen-bond acceptors (Lipinski definition) is 5. The van der Waals surface area contributed by atoms with Crippen molar-refractivity contribution in [3.05, 3.63) is 53.7 Å². The summed E-state index contributed by atoms with van der Waals surface area (Å²) in [6.07, 6.45) is 4.55. The van der Waals surface area contributed by atoms with Crippen LogP contribution in [0.25, 0.3) is 0 Å². The van der Waals surface area contributed by atoms with Gasteiger partial charge in [-0.15, -0.1) is 0 Å². The van der Waals surface area contributed by atoms with E-state index >= 15 is 0 Å². The van der Waals surface area contributed by atoms with Crippen molar-refractivity contribution in [1.82, 2.24) is 4.98 Å². The Morgan fingerprint density at radius 1 is 1.13 bits per heavy atom. The van der Waals surface area contributed by atoms with Crippen LogP contribution in [0.5, 0.6) is 0 Å². The van der Waals surface area contributed by atoms with Gasteiger partial charge in [0.25, 0.3) is 5.91 Å². The Morgan fingerprint density at radius 2 is 1.93 bits per heavy atom. The second kappa shape index (κ2) is 8.09. The zero-order valence-electron chi connectivity index (χ0n) is 17.9. The predicted molar refractivity (Wildman–Crippen MR) is 117 cm³/mol. The number of pyridine rings is 1. The number of methoxy groups -OCH3 is 1. The van der Waals surface area contributed by atoms with Crippen LogP contribution >= 0.6 is 0 Å². The number of anilines is 2. The monoisotopic (exact) mass is 407 g/mol. The molecule has 6 nitrogen and oxygen atoms in total. The summed E-state index contributed by atoms with van der Waals surface area (Å²) in [5, 5.41) is 0. The summed E-state index contributed by atoms with van der Waals surface area (Å²) in [6.45, 7) is 6.26. The zero-order chi connectivity index (χ0) is 21.3. The van der Waals surface area contributed by atoms with Crippen molar-refractivity contribution in [3.63, 3.8) is 0 Å². The Hall–Kier alpha value is -2.89. The maximum atomic E-state index is 13.0. The van der Waals surface area contributed by atoms with E-state index in [-0.39, 0.29) is 17.8 Å². The van der Waals surface area contributed by atoms with Crippen LogP contribution in [0, 0.1) is 11.3 Å². The molecule has 0 saturated carbocycles. The molecule has 0 bridgehead atoms. The molecule has 3 heterocycles. The first-order valence-corrected chi connectivity index (χ1v) is 10.6. The van der Waals surface area contributed by atoms with Crippen LogP contribution < -0.4 is 9.80 Å². The Labute approximate surface area is 177 Å². The Balaban J connectivity index is 1.47. The van der Waals surface area contributed by atoms with E-state index in [9.17, 15) is 9.59 Å². The standard InChI is InChI=1S/C24H29N3O3/c1-24(2,23(29)30-3)19-8-6-13-26(16-19)21-11-10-18(15-25-21)22(28)27-14-12-17-7-4-5-9-20(17)27/h4-5,7,9-11,15,19H,6,8,12-14,16H2,1-3H3. The summed E-state index contributed by atoms with van der Waals surface area (Å²) in [4.78, 5) is 33.9. The first-order valence-electron chi connectivity index (χ1n) is 10.6. The third kappa shape index (κ3) is 3.66. The molecule has 1 fully saturated rings. The van der Waals surface area contributed by atoms with Crippen molar-refractivity contribution in [2.45, 2.75) is 33.1 Å². The van der Waals surface area contributed by atoms with Crippen molar-refractivity contribution in [3.8, 4) is 0 Å². The highest BCUT2D eigenvalue weighted by molar-refractivity contribution is 6.07. The van der Waals surface area contributed by atoms with Gasteiger partial charge in [0.05, 0.1) is 18.1 Å². The topological polar surface area (TPSA) is 62.7 Å². The van der Waals surface area contributed by atoms with Crippen molar-refractivity contribution in [2.24, 2.45) is 11.3 Å². The van der Waals surface area contributed by atoms with Crippen molar-refractivity contribution >= 4 is 23.4 Å². The van der Waals surface area contributed by atoms with Crippen molar-refractivity contribution in [2.75, 3.05) is 36.5 Å². The van der Waals surface area contributed by atoms with Gasteiger partial charge < -0.3 is 14.5 Å². The predicted octanol–water partition coefficient (Wildman–Crippen LogP) is 3.70. The van der Waals surface area contributed by atoms with E-state index in [2.05, 4.69) is 16.0 Å². The second-order valence-electron chi connectivity index (χ2n) is 8.74. The van der Waals surface area contributed by atoms with Gasteiger partial charge >= 0.3 is 5.97 Å². The number of aromatic nitrogens is 1. The van der Waals surface area contributed by atoms with E-state index in [1.54, 1.807) is 6.20 Å².